The molecular formula is C19H21NO5S2. The van der Waals surface area contributed by atoms with Crippen LogP contribution in [0.4, 0.5) is 0 Å². The summed E-state index contributed by atoms with van der Waals surface area (Å²) in [6.07, 6.45) is 2.15. The number of furan rings is 1. The normalized spacial score (nSPS) is 11.7. The van der Waals surface area contributed by atoms with Gasteiger partial charge in [-0.3, -0.25) is 0 Å². The van der Waals surface area contributed by atoms with Gasteiger partial charge >= 0.3 is 0 Å². The number of hydrogen-bond acceptors (Lipinski definition) is 6. The lowest BCUT2D eigenvalue weighted by Crippen LogP contribution is -2.32. The minimum atomic E-state index is -3.83. The summed E-state index contributed by atoms with van der Waals surface area (Å²) in [6, 6.07) is 12.2. The molecule has 0 N–H and O–H groups in total. The van der Waals surface area contributed by atoms with Gasteiger partial charge in [0.25, 0.3) is 0 Å². The van der Waals surface area contributed by atoms with Crippen LogP contribution in [0.2, 0.25) is 0 Å². The molecule has 0 atom stereocenters. The zero-order valence-electron chi connectivity index (χ0n) is 15.1. The fraction of sp³-hybridized carbons (Fsp3) is 0.263. The monoisotopic (exact) mass is 407 g/mol. The van der Waals surface area contributed by atoms with Crippen LogP contribution in [0, 0.1) is 0 Å². The molecule has 144 valence electrons. The third kappa shape index (κ3) is 4.52. The molecule has 0 amide bonds. The van der Waals surface area contributed by atoms with Crippen molar-refractivity contribution < 1.29 is 22.3 Å². The number of thiophene rings is 1. The molecule has 0 saturated heterocycles. The molecule has 1 aromatic carbocycles. The highest BCUT2D eigenvalue weighted by atomic mass is 32.2. The maximum Gasteiger partial charge on any atom is 0.247 e. The third-order valence-electron chi connectivity index (χ3n) is 4.09. The molecule has 3 rings (SSSR count). The van der Waals surface area contributed by atoms with E-state index in [1.54, 1.807) is 35.6 Å². The lowest BCUT2D eigenvalue weighted by Gasteiger charge is -2.22. The van der Waals surface area contributed by atoms with E-state index in [-0.39, 0.29) is 17.2 Å². The van der Waals surface area contributed by atoms with Crippen LogP contribution in [0.15, 0.2) is 63.4 Å². The molecule has 0 aliphatic heterocycles. The number of hydrogen-bond donors (Lipinski definition) is 0. The maximum absolute atomic E-state index is 13.4. The summed E-state index contributed by atoms with van der Waals surface area (Å²) in [7, 11) is -0.889. The minimum Gasteiger partial charge on any atom is -0.497 e. The van der Waals surface area contributed by atoms with Crippen LogP contribution in [0.3, 0.4) is 0 Å². The second-order valence-electron chi connectivity index (χ2n) is 5.76. The first-order valence-electron chi connectivity index (χ1n) is 8.31. The highest BCUT2D eigenvalue weighted by Gasteiger charge is 2.29. The molecule has 0 radical (unpaired) electrons. The maximum atomic E-state index is 13.4. The van der Waals surface area contributed by atoms with Crippen molar-refractivity contribution in [2.24, 2.45) is 0 Å². The van der Waals surface area contributed by atoms with Crippen molar-refractivity contribution in [3.8, 4) is 11.5 Å². The number of sulfonamides is 1. The van der Waals surface area contributed by atoms with Gasteiger partial charge in [-0.05, 0) is 42.1 Å². The fourth-order valence-corrected chi connectivity index (χ4v) is 4.95. The van der Waals surface area contributed by atoms with Crippen LogP contribution in [0.5, 0.6) is 11.5 Å². The van der Waals surface area contributed by atoms with Gasteiger partial charge in [-0.2, -0.15) is 4.31 Å². The van der Waals surface area contributed by atoms with E-state index >= 15 is 0 Å². The van der Waals surface area contributed by atoms with E-state index in [0.29, 0.717) is 24.5 Å². The summed E-state index contributed by atoms with van der Waals surface area (Å²) >= 11 is 1.60. The molecule has 6 nitrogen and oxygen atoms in total. The Balaban J connectivity index is 1.95. The van der Waals surface area contributed by atoms with E-state index in [1.807, 2.05) is 17.5 Å². The Morgan fingerprint density at radius 1 is 1.11 bits per heavy atom. The predicted molar refractivity (Wildman–Crippen MR) is 104 cm³/mol. The van der Waals surface area contributed by atoms with E-state index in [1.165, 1.54) is 30.9 Å². The van der Waals surface area contributed by atoms with Crippen LogP contribution < -0.4 is 9.47 Å². The first-order valence-corrected chi connectivity index (χ1v) is 10.6. The van der Waals surface area contributed by atoms with Gasteiger partial charge in [-0.25, -0.2) is 8.42 Å². The lowest BCUT2D eigenvalue weighted by atomic mass is 10.3. The van der Waals surface area contributed by atoms with Crippen LogP contribution in [0.1, 0.15) is 10.6 Å². The molecule has 0 saturated carbocycles. The fourth-order valence-electron chi connectivity index (χ4n) is 2.67. The average molecular weight is 408 g/mol. The van der Waals surface area contributed by atoms with Gasteiger partial charge in [0.05, 0.1) is 27.0 Å². The van der Waals surface area contributed by atoms with E-state index in [2.05, 4.69) is 0 Å². The molecule has 8 heteroatoms. The van der Waals surface area contributed by atoms with E-state index in [4.69, 9.17) is 13.9 Å². The highest BCUT2D eigenvalue weighted by molar-refractivity contribution is 7.89. The Morgan fingerprint density at radius 2 is 1.96 bits per heavy atom. The third-order valence-corrected chi connectivity index (χ3v) is 6.89. The quantitative estimate of drug-likeness (QED) is 0.540. The Labute approximate surface area is 163 Å². The van der Waals surface area contributed by atoms with Crippen LogP contribution in [-0.2, 0) is 23.0 Å². The van der Waals surface area contributed by atoms with Gasteiger partial charge in [-0.15, -0.1) is 11.3 Å². The Bertz CT molecular complexity index is 950. The SMILES string of the molecule is COc1ccc(OC)c(S(=O)(=O)N(CCc2cccs2)Cc2ccco2)c1. The van der Waals surface area contributed by atoms with Gasteiger partial charge in [0.1, 0.15) is 22.2 Å². The number of ether oxygens (including phenoxy) is 2. The Morgan fingerprint density at radius 3 is 2.59 bits per heavy atom. The van der Waals surface area contributed by atoms with Crippen LogP contribution >= 0.6 is 11.3 Å². The molecule has 27 heavy (non-hydrogen) atoms. The summed E-state index contributed by atoms with van der Waals surface area (Å²) in [5, 5.41) is 1.98. The zero-order valence-corrected chi connectivity index (χ0v) is 16.8. The topological polar surface area (TPSA) is 69.0 Å². The van der Waals surface area contributed by atoms with Crippen molar-refractivity contribution >= 4 is 21.4 Å². The standard InChI is InChI=1S/C19H21NO5S2/c1-23-15-7-8-18(24-2)19(13-15)27(21,22)20(14-16-5-3-11-25-16)10-9-17-6-4-12-26-17/h3-8,11-13H,9-10,14H2,1-2H3. The predicted octanol–water partition coefficient (Wildman–Crippen LogP) is 3.79. The summed E-state index contributed by atoms with van der Waals surface area (Å²) in [5.74, 6) is 1.30. The molecular weight excluding hydrogens is 386 g/mol. The molecule has 0 bridgehead atoms. The summed E-state index contributed by atoms with van der Waals surface area (Å²) < 4.78 is 44.1. The van der Waals surface area contributed by atoms with Crippen LogP contribution in [0.25, 0.3) is 0 Å². The smallest absolute Gasteiger partial charge is 0.247 e. The Kier molecular flexibility index (Phi) is 6.20. The molecule has 0 fully saturated rings. The Hall–Kier alpha value is -2.29. The molecule has 0 spiro atoms. The van der Waals surface area contributed by atoms with Gasteiger partial charge in [-0.1, -0.05) is 6.07 Å². The number of rotatable bonds is 9. The molecule has 3 aromatic rings. The van der Waals surface area contributed by atoms with Gasteiger partial charge < -0.3 is 13.9 Å². The summed E-state index contributed by atoms with van der Waals surface area (Å²) in [6.45, 7) is 0.463. The molecule has 2 aromatic heterocycles. The first kappa shape index (κ1) is 19.5. The van der Waals surface area contributed by atoms with E-state index in [0.717, 1.165) is 4.88 Å². The van der Waals surface area contributed by atoms with Crippen molar-refractivity contribution in [2.75, 3.05) is 20.8 Å². The largest absolute Gasteiger partial charge is 0.497 e. The number of benzene rings is 1. The lowest BCUT2D eigenvalue weighted by molar-refractivity contribution is 0.359. The average Bonchev–Trinajstić information content (AvgIpc) is 3.38. The molecule has 0 aliphatic rings. The van der Waals surface area contributed by atoms with E-state index < -0.39 is 10.0 Å². The van der Waals surface area contributed by atoms with Crippen molar-refractivity contribution in [1.82, 2.24) is 4.31 Å². The van der Waals surface area contributed by atoms with Gasteiger partial charge in [0.2, 0.25) is 10.0 Å². The molecule has 0 unspecified atom stereocenters. The number of methoxy groups -OCH3 is 2. The summed E-state index contributed by atoms with van der Waals surface area (Å²) in [4.78, 5) is 1.19. The van der Waals surface area contributed by atoms with Gasteiger partial charge in [0.15, 0.2) is 0 Å². The van der Waals surface area contributed by atoms with Crippen molar-refractivity contribution in [3.05, 3.63) is 64.7 Å². The molecule has 0 aliphatic carbocycles. The van der Waals surface area contributed by atoms with Crippen LogP contribution in [-0.4, -0.2) is 33.5 Å². The zero-order chi connectivity index (χ0) is 19.3. The van der Waals surface area contributed by atoms with E-state index in [9.17, 15) is 8.42 Å². The van der Waals surface area contributed by atoms with Gasteiger partial charge in [0, 0.05) is 17.5 Å². The van der Waals surface area contributed by atoms with Crippen molar-refractivity contribution in [2.45, 2.75) is 17.9 Å². The number of nitrogens with zero attached hydrogens (tertiary/aromatic N) is 1. The second-order valence-corrected chi connectivity index (χ2v) is 8.70. The minimum absolute atomic E-state index is 0.0714. The summed E-state index contributed by atoms with van der Waals surface area (Å²) in [5.41, 5.74) is 0. The van der Waals surface area contributed by atoms with Crippen molar-refractivity contribution in [1.29, 1.82) is 0 Å². The first-order chi connectivity index (χ1) is 13.0. The molecule has 2 heterocycles. The second kappa shape index (κ2) is 8.60. The highest BCUT2D eigenvalue weighted by Crippen LogP contribution is 2.31. The van der Waals surface area contributed by atoms with Crippen molar-refractivity contribution in [3.63, 3.8) is 0 Å².